The first-order valence-electron chi connectivity index (χ1n) is 8.41. The molecule has 1 fully saturated rings. The Balaban J connectivity index is 1.81. The average Bonchev–Trinajstić information content (AvgIpc) is 3.00. The highest BCUT2D eigenvalue weighted by Crippen LogP contribution is 2.41. The van der Waals surface area contributed by atoms with E-state index in [4.69, 9.17) is 11.6 Å². The Morgan fingerprint density at radius 3 is 2.46 bits per heavy atom. The van der Waals surface area contributed by atoms with Gasteiger partial charge in [0.05, 0.1) is 11.1 Å². The Morgan fingerprint density at radius 1 is 1.04 bits per heavy atom. The smallest absolute Gasteiger partial charge is 0.254 e. The van der Waals surface area contributed by atoms with E-state index in [9.17, 15) is 8.42 Å². The summed E-state index contributed by atoms with van der Waals surface area (Å²) in [5.74, 6) is 0. The Labute approximate surface area is 162 Å². The highest BCUT2D eigenvalue weighted by Gasteiger charge is 2.38. The number of rotatable bonds is 3. The van der Waals surface area contributed by atoms with Crippen LogP contribution in [-0.2, 0) is 10.0 Å². The lowest BCUT2D eigenvalue weighted by Gasteiger charge is -2.39. The van der Waals surface area contributed by atoms with Gasteiger partial charge in [0.25, 0.3) is 10.0 Å². The summed E-state index contributed by atoms with van der Waals surface area (Å²) in [6.07, 6.45) is 0. The molecule has 1 unspecified atom stereocenters. The third kappa shape index (κ3) is 3.06. The van der Waals surface area contributed by atoms with Crippen LogP contribution in [0.1, 0.15) is 11.6 Å². The molecule has 0 saturated carbocycles. The number of sulfonamides is 1. The van der Waals surface area contributed by atoms with Crippen molar-refractivity contribution in [2.75, 3.05) is 26.7 Å². The van der Waals surface area contributed by atoms with Gasteiger partial charge in [-0.25, -0.2) is 8.42 Å². The largest absolute Gasteiger partial charge is 0.303 e. The van der Waals surface area contributed by atoms with Gasteiger partial charge in [0.1, 0.15) is 0 Å². The second kappa shape index (κ2) is 6.94. The summed E-state index contributed by atoms with van der Waals surface area (Å²) in [6.45, 7) is 1.81. The number of hydrogen-bond acceptors (Lipinski definition) is 4. The van der Waals surface area contributed by atoms with Gasteiger partial charge in [-0.15, -0.1) is 11.3 Å². The number of hydrogen-bond donors (Lipinski definition) is 0. The third-order valence-electron chi connectivity index (χ3n) is 4.77. The molecule has 136 valence electrons. The van der Waals surface area contributed by atoms with Gasteiger partial charge in [-0.3, -0.25) is 0 Å². The van der Waals surface area contributed by atoms with E-state index >= 15 is 0 Å². The van der Waals surface area contributed by atoms with Crippen molar-refractivity contribution >= 4 is 43.0 Å². The van der Waals surface area contributed by atoms with Gasteiger partial charge in [-0.1, -0.05) is 60.1 Å². The van der Waals surface area contributed by atoms with Crippen molar-refractivity contribution in [3.63, 3.8) is 0 Å². The van der Waals surface area contributed by atoms with Gasteiger partial charge in [0, 0.05) is 29.7 Å². The second-order valence-corrected chi connectivity index (χ2v) is 10.0. The summed E-state index contributed by atoms with van der Waals surface area (Å²) in [5.41, 5.74) is 1.000. The first-order chi connectivity index (χ1) is 12.5. The number of benzene rings is 2. The predicted molar refractivity (Wildman–Crippen MR) is 107 cm³/mol. The monoisotopic (exact) mass is 406 g/mol. The minimum absolute atomic E-state index is 0.221. The summed E-state index contributed by atoms with van der Waals surface area (Å²) in [4.78, 5) is 2.16. The maximum Gasteiger partial charge on any atom is 0.254 e. The van der Waals surface area contributed by atoms with E-state index < -0.39 is 10.0 Å². The molecule has 0 bridgehead atoms. The van der Waals surface area contributed by atoms with E-state index in [2.05, 4.69) is 4.90 Å². The zero-order valence-corrected chi connectivity index (χ0v) is 16.7. The first kappa shape index (κ1) is 17.9. The van der Waals surface area contributed by atoms with E-state index in [0.29, 0.717) is 24.7 Å². The highest BCUT2D eigenvalue weighted by atomic mass is 35.5. The standard InChI is InChI=1S/C19H19ClN2O2S2/c1-21-11-12-22(16(13-21)14-7-3-2-4-8-14)26(23,24)19-18(20)15-9-5-6-10-17(15)25-19/h2-10,16H,11-13H2,1H3. The molecule has 1 aliphatic heterocycles. The molecule has 4 nitrogen and oxygen atoms in total. The molecule has 4 rings (SSSR count). The molecule has 0 aliphatic carbocycles. The third-order valence-corrected chi connectivity index (χ3v) is 8.96. The second-order valence-electron chi connectivity index (χ2n) is 6.50. The van der Waals surface area contributed by atoms with Crippen LogP contribution in [0.4, 0.5) is 0 Å². The number of fused-ring (bicyclic) bond motifs is 1. The summed E-state index contributed by atoms with van der Waals surface area (Å²) < 4.78 is 29.7. The lowest BCUT2D eigenvalue weighted by Crippen LogP contribution is -2.49. The quantitative estimate of drug-likeness (QED) is 0.653. The molecule has 3 aromatic rings. The molecule has 2 heterocycles. The fourth-order valence-corrected chi connectivity index (χ4v) is 7.23. The van der Waals surface area contributed by atoms with Gasteiger partial charge >= 0.3 is 0 Å². The lowest BCUT2D eigenvalue weighted by molar-refractivity contribution is 0.161. The van der Waals surface area contributed by atoms with E-state index in [0.717, 1.165) is 15.6 Å². The maximum atomic E-state index is 13.5. The normalized spacial score (nSPS) is 19.8. The summed E-state index contributed by atoms with van der Waals surface area (Å²) in [7, 11) is -1.66. The summed E-state index contributed by atoms with van der Waals surface area (Å²) >= 11 is 7.72. The number of nitrogens with zero attached hydrogens (tertiary/aromatic N) is 2. The van der Waals surface area contributed by atoms with Crippen molar-refractivity contribution in [1.82, 2.24) is 9.21 Å². The summed E-state index contributed by atoms with van der Waals surface area (Å²) in [6, 6.07) is 17.1. The van der Waals surface area contributed by atoms with E-state index in [1.807, 2.05) is 61.6 Å². The lowest BCUT2D eigenvalue weighted by atomic mass is 10.1. The minimum Gasteiger partial charge on any atom is -0.303 e. The molecule has 26 heavy (non-hydrogen) atoms. The number of likely N-dealkylation sites (N-methyl/N-ethyl adjacent to an activating group) is 1. The molecule has 0 N–H and O–H groups in total. The molecule has 2 aromatic carbocycles. The van der Waals surface area contributed by atoms with Gasteiger partial charge in [0.2, 0.25) is 0 Å². The molecule has 1 aliphatic rings. The highest BCUT2D eigenvalue weighted by molar-refractivity contribution is 7.91. The van der Waals surface area contributed by atoms with Crippen molar-refractivity contribution in [2.45, 2.75) is 10.3 Å². The Kier molecular flexibility index (Phi) is 4.79. The molecule has 7 heteroatoms. The molecule has 1 saturated heterocycles. The SMILES string of the molecule is CN1CCN(S(=O)(=O)c2sc3ccccc3c2Cl)C(c2ccccc2)C1. The average molecular weight is 407 g/mol. The van der Waals surface area contributed by atoms with Crippen molar-refractivity contribution < 1.29 is 8.42 Å². The molecule has 1 atom stereocenters. The molecule has 0 radical (unpaired) electrons. The van der Waals surface area contributed by atoms with Crippen LogP contribution < -0.4 is 0 Å². The van der Waals surface area contributed by atoms with Crippen molar-refractivity contribution in [3.8, 4) is 0 Å². The van der Waals surface area contributed by atoms with Gasteiger partial charge in [-0.05, 0) is 18.7 Å². The predicted octanol–water partition coefficient (Wildman–Crippen LogP) is 4.23. The van der Waals surface area contributed by atoms with Crippen LogP contribution in [0, 0.1) is 0 Å². The van der Waals surface area contributed by atoms with E-state index in [-0.39, 0.29) is 10.3 Å². The zero-order chi connectivity index (χ0) is 18.3. The Morgan fingerprint density at radius 2 is 1.73 bits per heavy atom. The van der Waals surface area contributed by atoms with Crippen molar-refractivity contribution in [3.05, 3.63) is 65.2 Å². The van der Waals surface area contributed by atoms with Gasteiger partial charge in [-0.2, -0.15) is 4.31 Å². The van der Waals surface area contributed by atoms with Crippen LogP contribution in [-0.4, -0.2) is 44.3 Å². The molecular formula is C19H19ClN2O2S2. The van der Waals surface area contributed by atoms with E-state index in [1.165, 1.54) is 11.3 Å². The number of piperazine rings is 1. The number of halogens is 1. The summed E-state index contributed by atoms with van der Waals surface area (Å²) in [5, 5.41) is 1.12. The fourth-order valence-electron chi connectivity index (χ4n) is 3.40. The van der Waals surface area contributed by atoms with Crippen LogP contribution in [0.2, 0.25) is 5.02 Å². The molecule has 0 spiro atoms. The van der Waals surface area contributed by atoms with Crippen LogP contribution in [0.25, 0.3) is 10.1 Å². The first-order valence-corrected chi connectivity index (χ1v) is 11.0. The fraction of sp³-hybridized carbons (Fsp3) is 0.263. The van der Waals surface area contributed by atoms with Gasteiger partial charge < -0.3 is 4.90 Å². The van der Waals surface area contributed by atoms with Crippen LogP contribution in [0.15, 0.2) is 58.8 Å². The van der Waals surface area contributed by atoms with E-state index in [1.54, 1.807) is 4.31 Å². The van der Waals surface area contributed by atoms with Crippen molar-refractivity contribution in [2.24, 2.45) is 0 Å². The maximum absolute atomic E-state index is 13.5. The Hall–Kier alpha value is -1.44. The van der Waals surface area contributed by atoms with Crippen molar-refractivity contribution in [1.29, 1.82) is 0 Å². The van der Waals surface area contributed by atoms with Gasteiger partial charge in [0.15, 0.2) is 4.21 Å². The Bertz CT molecular complexity index is 1030. The topological polar surface area (TPSA) is 40.6 Å². The van der Waals surface area contributed by atoms with Crippen LogP contribution in [0.5, 0.6) is 0 Å². The number of thiophene rings is 1. The zero-order valence-electron chi connectivity index (χ0n) is 14.3. The molecular weight excluding hydrogens is 388 g/mol. The minimum atomic E-state index is -3.68. The molecule has 1 aromatic heterocycles. The molecule has 0 amide bonds. The van der Waals surface area contributed by atoms with Crippen LogP contribution >= 0.6 is 22.9 Å². The van der Waals surface area contributed by atoms with Crippen LogP contribution in [0.3, 0.4) is 0 Å².